The first-order valence-electron chi connectivity index (χ1n) is 10.6. The molecular formula is C24H24N4O5S. The highest BCUT2D eigenvalue weighted by atomic mass is 32.2. The number of thioether (sulfide) groups is 1. The van der Waals surface area contributed by atoms with E-state index in [1.807, 2.05) is 60.5 Å². The number of aromatic nitrogens is 2. The molecule has 1 saturated heterocycles. The Kier molecular flexibility index (Phi) is 7.48. The molecule has 1 aliphatic heterocycles. The van der Waals surface area contributed by atoms with E-state index in [-0.39, 0.29) is 16.4 Å². The largest absolute Gasteiger partial charge is 0.497 e. The van der Waals surface area contributed by atoms with Gasteiger partial charge in [-0.25, -0.2) is 9.97 Å². The van der Waals surface area contributed by atoms with Crippen molar-refractivity contribution in [2.75, 3.05) is 32.2 Å². The van der Waals surface area contributed by atoms with E-state index in [1.165, 1.54) is 6.33 Å². The predicted molar refractivity (Wildman–Crippen MR) is 129 cm³/mol. The van der Waals surface area contributed by atoms with Crippen molar-refractivity contribution in [3.05, 3.63) is 66.5 Å². The second kappa shape index (κ2) is 10.9. The molecule has 1 aromatic heterocycles. The van der Waals surface area contributed by atoms with Gasteiger partial charge >= 0.3 is 0 Å². The summed E-state index contributed by atoms with van der Waals surface area (Å²) in [5.74, 6) is 3.04. The van der Waals surface area contributed by atoms with Crippen LogP contribution in [0.5, 0.6) is 23.1 Å². The van der Waals surface area contributed by atoms with Crippen LogP contribution in [0, 0.1) is 0 Å². The van der Waals surface area contributed by atoms with Crippen molar-refractivity contribution in [1.82, 2.24) is 15.3 Å². The Labute approximate surface area is 201 Å². The third kappa shape index (κ3) is 6.16. The molecule has 1 aliphatic rings. The molecule has 1 atom stereocenters. The fourth-order valence-corrected chi connectivity index (χ4v) is 4.10. The van der Waals surface area contributed by atoms with Crippen LogP contribution in [0.1, 0.15) is 5.56 Å². The summed E-state index contributed by atoms with van der Waals surface area (Å²) < 4.78 is 16.8. The molecular weight excluding hydrogens is 456 g/mol. The van der Waals surface area contributed by atoms with Crippen molar-refractivity contribution in [2.45, 2.75) is 11.7 Å². The van der Waals surface area contributed by atoms with Gasteiger partial charge in [0, 0.05) is 13.1 Å². The van der Waals surface area contributed by atoms with E-state index in [0.29, 0.717) is 37.0 Å². The summed E-state index contributed by atoms with van der Waals surface area (Å²) in [6, 6.07) is 16.6. The highest BCUT2D eigenvalue weighted by Crippen LogP contribution is 2.25. The summed E-state index contributed by atoms with van der Waals surface area (Å²) in [7, 11) is 3.53. The number of carbonyl (C=O) groups excluding carboxylic acids is 2. The standard InChI is InChI=1S/C24H24N4O5S/c1-28(21-14-22(26-15-25-21)33-19-9-7-17(31-2)8-10-19)11-12-32-18-5-3-16(4-6-18)13-20-23(29)27-24(30)34-20/h3-10,14-15,20H,11-13H2,1-2H3,(H,27,29,30). The number of benzene rings is 2. The van der Waals surface area contributed by atoms with Crippen molar-refractivity contribution < 1.29 is 23.8 Å². The predicted octanol–water partition coefficient (Wildman–Crippen LogP) is 3.69. The molecule has 0 spiro atoms. The van der Waals surface area contributed by atoms with E-state index in [4.69, 9.17) is 14.2 Å². The van der Waals surface area contributed by atoms with Crippen LogP contribution in [0.3, 0.4) is 0 Å². The molecule has 10 heteroatoms. The Morgan fingerprint density at radius 3 is 2.38 bits per heavy atom. The van der Waals surface area contributed by atoms with Crippen LogP contribution in [-0.2, 0) is 11.2 Å². The summed E-state index contributed by atoms with van der Waals surface area (Å²) in [5.41, 5.74) is 0.970. The lowest BCUT2D eigenvalue weighted by Gasteiger charge is -2.18. The molecule has 1 unspecified atom stereocenters. The first kappa shape index (κ1) is 23.4. The zero-order valence-corrected chi connectivity index (χ0v) is 19.6. The molecule has 34 heavy (non-hydrogen) atoms. The van der Waals surface area contributed by atoms with Gasteiger partial charge in [0.1, 0.15) is 36.0 Å². The third-order valence-electron chi connectivity index (χ3n) is 5.11. The third-order valence-corrected chi connectivity index (χ3v) is 6.09. The number of methoxy groups -OCH3 is 1. The minimum Gasteiger partial charge on any atom is -0.497 e. The number of nitrogens with zero attached hydrogens (tertiary/aromatic N) is 3. The highest BCUT2D eigenvalue weighted by Gasteiger charge is 2.31. The van der Waals surface area contributed by atoms with Crippen LogP contribution >= 0.6 is 11.8 Å². The molecule has 2 heterocycles. The Morgan fingerprint density at radius 2 is 1.71 bits per heavy atom. The molecule has 2 aromatic carbocycles. The quantitative estimate of drug-likeness (QED) is 0.465. The first-order chi connectivity index (χ1) is 16.5. The summed E-state index contributed by atoms with van der Waals surface area (Å²) in [6.07, 6.45) is 1.96. The number of rotatable bonds is 10. The molecule has 176 valence electrons. The van der Waals surface area contributed by atoms with E-state index in [2.05, 4.69) is 15.3 Å². The van der Waals surface area contributed by atoms with Crippen molar-refractivity contribution in [2.24, 2.45) is 0 Å². The topological polar surface area (TPSA) is 103 Å². The van der Waals surface area contributed by atoms with E-state index in [0.717, 1.165) is 28.8 Å². The molecule has 1 N–H and O–H groups in total. The van der Waals surface area contributed by atoms with Crippen molar-refractivity contribution >= 4 is 28.7 Å². The Hall–Kier alpha value is -3.79. The number of amides is 2. The number of ether oxygens (including phenoxy) is 3. The SMILES string of the molecule is COc1ccc(Oc2cc(N(C)CCOc3ccc(CC4SC(=O)NC4=O)cc3)ncn2)cc1. The summed E-state index contributed by atoms with van der Waals surface area (Å²) in [5, 5.41) is 1.64. The normalized spacial score (nSPS) is 15.1. The monoisotopic (exact) mass is 480 g/mol. The summed E-state index contributed by atoms with van der Waals surface area (Å²) in [4.78, 5) is 33.4. The Bertz CT molecular complexity index is 1140. The van der Waals surface area contributed by atoms with Gasteiger partial charge < -0.3 is 19.1 Å². The van der Waals surface area contributed by atoms with Crippen molar-refractivity contribution in [3.63, 3.8) is 0 Å². The van der Waals surface area contributed by atoms with E-state index in [9.17, 15) is 9.59 Å². The molecule has 1 fully saturated rings. The summed E-state index contributed by atoms with van der Waals surface area (Å²) in [6.45, 7) is 1.05. The fourth-order valence-electron chi connectivity index (χ4n) is 3.24. The molecule has 0 aliphatic carbocycles. The molecule has 4 rings (SSSR count). The number of hydrogen-bond donors (Lipinski definition) is 1. The zero-order chi connectivity index (χ0) is 23.9. The van der Waals surface area contributed by atoms with E-state index in [1.54, 1.807) is 13.2 Å². The van der Waals surface area contributed by atoms with E-state index < -0.39 is 0 Å². The Balaban J connectivity index is 1.25. The molecule has 2 amide bonds. The number of imide groups is 1. The number of carbonyl (C=O) groups is 2. The average Bonchev–Trinajstić information content (AvgIpc) is 3.17. The van der Waals surface area contributed by atoms with Crippen LogP contribution in [0.15, 0.2) is 60.9 Å². The van der Waals surface area contributed by atoms with Gasteiger partial charge in [0.05, 0.1) is 18.9 Å². The van der Waals surface area contributed by atoms with Gasteiger partial charge in [-0.2, -0.15) is 0 Å². The van der Waals surface area contributed by atoms with Gasteiger partial charge in [-0.05, 0) is 48.4 Å². The number of likely N-dealkylation sites (N-methyl/N-ethyl adjacent to an activating group) is 1. The smallest absolute Gasteiger partial charge is 0.286 e. The summed E-state index contributed by atoms with van der Waals surface area (Å²) >= 11 is 1.03. The van der Waals surface area contributed by atoms with Crippen molar-refractivity contribution in [1.29, 1.82) is 0 Å². The molecule has 0 saturated carbocycles. The second-order valence-corrected chi connectivity index (χ2v) is 8.67. The van der Waals surface area contributed by atoms with Crippen LogP contribution in [-0.4, -0.2) is 53.7 Å². The van der Waals surface area contributed by atoms with Crippen molar-refractivity contribution in [3.8, 4) is 23.1 Å². The highest BCUT2D eigenvalue weighted by molar-refractivity contribution is 8.15. The second-order valence-electron chi connectivity index (χ2n) is 7.49. The molecule has 0 radical (unpaired) electrons. The lowest BCUT2D eigenvalue weighted by atomic mass is 10.1. The van der Waals surface area contributed by atoms with Crippen LogP contribution in [0.4, 0.5) is 10.6 Å². The van der Waals surface area contributed by atoms with Gasteiger partial charge in [-0.1, -0.05) is 23.9 Å². The maximum atomic E-state index is 11.7. The maximum absolute atomic E-state index is 11.7. The maximum Gasteiger partial charge on any atom is 0.286 e. The Morgan fingerprint density at radius 1 is 1.00 bits per heavy atom. The zero-order valence-electron chi connectivity index (χ0n) is 18.8. The van der Waals surface area contributed by atoms with Gasteiger partial charge in [-0.3, -0.25) is 14.9 Å². The molecule has 0 bridgehead atoms. The average molecular weight is 481 g/mol. The van der Waals surface area contributed by atoms with Crippen LogP contribution < -0.4 is 24.4 Å². The minimum absolute atomic E-state index is 0.236. The number of anilines is 1. The first-order valence-corrected chi connectivity index (χ1v) is 11.5. The number of nitrogens with one attached hydrogen (secondary N) is 1. The fraction of sp³-hybridized carbons (Fsp3) is 0.250. The van der Waals surface area contributed by atoms with Crippen LogP contribution in [0.2, 0.25) is 0 Å². The van der Waals surface area contributed by atoms with Gasteiger partial charge in [0.15, 0.2) is 0 Å². The minimum atomic E-state index is -0.376. The van der Waals surface area contributed by atoms with Gasteiger partial charge in [0.2, 0.25) is 11.8 Å². The lowest BCUT2D eigenvalue weighted by molar-refractivity contribution is -0.118. The number of hydrogen-bond acceptors (Lipinski definition) is 9. The van der Waals surface area contributed by atoms with E-state index >= 15 is 0 Å². The van der Waals surface area contributed by atoms with Gasteiger partial charge in [0.25, 0.3) is 5.24 Å². The molecule has 3 aromatic rings. The molecule has 9 nitrogen and oxygen atoms in total. The van der Waals surface area contributed by atoms with Crippen LogP contribution in [0.25, 0.3) is 0 Å². The lowest BCUT2D eigenvalue weighted by Crippen LogP contribution is -2.25. The van der Waals surface area contributed by atoms with Gasteiger partial charge in [-0.15, -0.1) is 0 Å².